The molecule has 27 heavy (non-hydrogen) atoms. The van der Waals surface area contributed by atoms with Crippen molar-refractivity contribution >= 4 is 40.5 Å². The number of aromatic nitrogens is 3. The van der Waals surface area contributed by atoms with E-state index in [4.69, 9.17) is 12.2 Å². The van der Waals surface area contributed by atoms with Crippen LogP contribution in [0, 0.1) is 16.0 Å². The summed E-state index contributed by atoms with van der Waals surface area (Å²) < 4.78 is 2.18. The number of thiocarbonyl (C=S) groups is 1. The Bertz CT molecular complexity index is 776. The minimum Gasteiger partial charge on any atom is -0.362 e. The molecule has 0 aliphatic heterocycles. The van der Waals surface area contributed by atoms with Crippen LogP contribution in [0.2, 0.25) is 0 Å². The monoisotopic (exact) mass is 408 g/mol. The summed E-state index contributed by atoms with van der Waals surface area (Å²) in [5, 5.41) is 26.8. The van der Waals surface area contributed by atoms with Crippen molar-refractivity contribution in [2.75, 3.05) is 18.1 Å². The van der Waals surface area contributed by atoms with Crippen LogP contribution in [-0.2, 0) is 13.0 Å². The van der Waals surface area contributed by atoms with Crippen molar-refractivity contribution in [3.8, 4) is 0 Å². The first-order chi connectivity index (χ1) is 12.9. The number of thioether (sulfide) groups is 1. The van der Waals surface area contributed by atoms with Gasteiger partial charge in [-0.05, 0) is 42.9 Å². The molecular formula is C17H24N6O2S2. The molecule has 8 nitrogen and oxygen atoms in total. The minimum absolute atomic E-state index is 0.0505. The SMILES string of the molecule is CSc1nnc(CCCNC(=S)Nc2ccc([N+](=O)[O-])cc2)n1CC(C)C. The van der Waals surface area contributed by atoms with Gasteiger partial charge in [0, 0.05) is 37.3 Å². The van der Waals surface area contributed by atoms with E-state index in [1.807, 2.05) is 6.26 Å². The highest BCUT2D eigenvalue weighted by molar-refractivity contribution is 7.98. The van der Waals surface area contributed by atoms with E-state index in [0.717, 1.165) is 30.4 Å². The molecule has 1 aromatic carbocycles. The summed E-state index contributed by atoms with van der Waals surface area (Å²) >= 11 is 6.87. The zero-order valence-corrected chi connectivity index (χ0v) is 17.3. The second-order valence-electron chi connectivity index (χ2n) is 6.40. The van der Waals surface area contributed by atoms with Crippen LogP contribution in [0.25, 0.3) is 0 Å². The van der Waals surface area contributed by atoms with Crippen LogP contribution in [0.3, 0.4) is 0 Å². The molecule has 146 valence electrons. The second-order valence-corrected chi connectivity index (χ2v) is 7.58. The predicted octanol–water partition coefficient (Wildman–Crippen LogP) is 3.48. The third-order valence-electron chi connectivity index (χ3n) is 3.72. The van der Waals surface area contributed by atoms with E-state index in [-0.39, 0.29) is 5.69 Å². The Morgan fingerprint density at radius 3 is 2.63 bits per heavy atom. The van der Waals surface area contributed by atoms with E-state index in [9.17, 15) is 10.1 Å². The van der Waals surface area contributed by atoms with Gasteiger partial charge >= 0.3 is 0 Å². The smallest absolute Gasteiger partial charge is 0.269 e. The summed E-state index contributed by atoms with van der Waals surface area (Å²) in [6.07, 6.45) is 3.69. The van der Waals surface area contributed by atoms with Gasteiger partial charge in [-0.25, -0.2) is 0 Å². The highest BCUT2D eigenvalue weighted by Gasteiger charge is 2.12. The Kier molecular flexibility index (Phi) is 7.99. The first-order valence-corrected chi connectivity index (χ1v) is 10.3. The molecule has 10 heteroatoms. The molecule has 2 aromatic rings. The molecule has 2 rings (SSSR count). The summed E-state index contributed by atoms with van der Waals surface area (Å²) in [6, 6.07) is 6.14. The average molecular weight is 409 g/mol. The molecule has 0 unspecified atom stereocenters. The van der Waals surface area contributed by atoms with Gasteiger partial charge in [0.2, 0.25) is 0 Å². The highest BCUT2D eigenvalue weighted by Crippen LogP contribution is 2.17. The van der Waals surface area contributed by atoms with Gasteiger partial charge in [-0.3, -0.25) is 10.1 Å². The van der Waals surface area contributed by atoms with Gasteiger partial charge in [0.05, 0.1) is 4.92 Å². The molecule has 2 N–H and O–H groups in total. The second kappa shape index (κ2) is 10.2. The van der Waals surface area contributed by atoms with Crippen LogP contribution in [0.1, 0.15) is 26.1 Å². The molecular weight excluding hydrogens is 384 g/mol. The van der Waals surface area contributed by atoms with Crippen LogP contribution in [0.4, 0.5) is 11.4 Å². The Hall–Kier alpha value is -2.20. The van der Waals surface area contributed by atoms with Crippen LogP contribution in [0.15, 0.2) is 29.4 Å². The fourth-order valence-corrected chi connectivity index (χ4v) is 3.24. The lowest BCUT2D eigenvalue weighted by Gasteiger charge is -2.12. The third-order valence-corrected chi connectivity index (χ3v) is 4.64. The number of nitro benzene ring substituents is 1. The van der Waals surface area contributed by atoms with Gasteiger partial charge in [-0.2, -0.15) is 0 Å². The number of anilines is 1. The van der Waals surface area contributed by atoms with Crippen molar-refractivity contribution in [1.29, 1.82) is 0 Å². The number of nitrogens with zero attached hydrogens (tertiary/aromatic N) is 4. The van der Waals surface area contributed by atoms with Crippen LogP contribution in [-0.4, -0.2) is 37.6 Å². The molecule has 0 saturated heterocycles. The Morgan fingerprint density at radius 1 is 1.33 bits per heavy atom. The number of nitrogens with one attached hydrogen (secondary N) is 2. The molecule has 0 radical (unpaired) electrons. The van der Waals surface area contributed by atoms with Crippen molar-refractivity contribution in [3.05, 3.63) is 40.2 Å². The van der Waals surface area contributed by atoms with E-state index < -0.39 is 4.92 Å². The lowest BCUT2D eigenvalue weighted by Crippen LogP contribution is -2.29. The zero-order chi connectivity index (χ0) is 19.8. The molecule has 0 saturated carbocycles. The van der Waals surface area contributed by atoms with E-state index in [0.29, 0.717) is 23.3 Å². The van der Waals surface area contributed by atoms with Gasteiger partial charge in [0.1, 0.15) is 5.82 Å². The lowest BCUT2D eigenvalue weighted by molar-refractivity contribution is -0.384. The fourth-order valence-electron chi connectivity index (χ4n) is 2.49. The molecule has 1 heterocycles. The number of nitro groups is 1. The maximum Gasteiger partial charge on any atom is 0.269 e. The maximum absolute atomic E-state index is 10.7. The van der Waals surface area contributed by atoms with E-state index in [1.54, 1.807) is 23.9 Å². The lowest BCUT2D eigenvalue weighted by atomic mass is 10.2. The molecule has 1 aromatic heterocycles. The summed E-state index contributed by atoms with van der Waals surface area (Å²) in [5.74, 6) is 1.52. The summed E-state index contributed by atoms with van der Waals surface area (Å²) in [4.78, 5) is 10.2. The number of aryl methyl sites for hydroxylation is 1. The third kappa shape index (κ3) is 6.47. The van der Waals surface area contributed by atoms with Crippen molar-refractivity contribution in [2.45, 2.75) is 38.4 Å². The van der Waals surface area contributed by atoms with Gasteiger partial charge in [-0.1, -0.05) is 25.6 Å². The molecule has 0 fully saturated rings. The first-order valence-electron chi connectivity index (χ1n) is 8.66. The molecule has 0 amide bonds. The summed E-state index contributed by atoms with van der Waals surface area (Å²) in [5.41, 5.74) is 0.758. The van der Waals surface area contributed by atoms with Gasteiger partial charge in [-0.15, -0.1) is 10.2 Å². The zero-order valence-electron chi connectivity index (χ0n) is 15.6. The highest BCUT2D eigenvalue weighted by atomic mass is 32.2. The van der Waals surface area contributed by atoms with Gasteiger partial charge in [0.15, 0.2) is 10.3 Å². The molecule has 0 aliphatic carbocycles. The first kappa shape index (κ1) is 21.1. The largest absolute Gasteiger partial charge is 0.362 e. The van der Waals surface area contributed by atoms with E-state index >= 15 is 0 Å². The maximum atomic E-state index is 10.7. The van der Waals surface area contributed by atoms with Crippen LogP contribution < -0.4 is 10.6 Å². The Morgan fingerprint density at radius 2 is 2.04 bits per heavy atom. The molecule has 0 atom stereocenters. The molecule has 0 bridgehead atoms. The quantitative estimate of drug-likeness (QED) is 0.214. The minimum atomic E-state index is -0.430. The topological polar surface area (TPSA) is 97.9 Å². The number of benzene rings is 1. The summed E-state index contributed by atoms with van der Waals surface area (Å²) in [6.45, 7) is 5.96. The van der Waals surface area contributed by atoms with Crippen LogP contribution in [0.5, 0.6) is 0 Å². The van der Waals surface area contributed by atoms with Crippen molar-refractivity contribution in [1.82, 2.24) is 20.1 Å². The Balaban J connectivity index is 1.78. The predicted molar refractivity (Wildman–Crippen MR) is 112 cm³/mol. The number of non-ortho nitro benzene ring substituents is 1. The van der Waals surface area contributed by atoms with E-state index in [1.165, 1.54) is 12.1 Å². The van der Waals surface area contributed by atoms with Crippen molar-refractivity contribution in [3.63, 3.8) is 0 Å². The van der Waals surface area contributed by atoms with Crippen molar-refractivity contribution < 1.29 is 4.92 Å². The van der Waals surface area contributed by atoms with Gasteiger partial charge in [0.25, 0.3) is 5.69 Å². The van der Waals surface area contributed by atoms with Gasteiger partial charge < -0.3 is 15.2 Å². The summed E-state index contributed by atoms with van der Waals surface area (Å²) in [7, 11) is 0. The fraction of sp³-hybridized carbons (Fsp3) is 0.471. The number of hydrogen-bond acceptors (Lipinski definition) is 6. The Labute approximate surface area is 168 Å². The standard InChI is InChI=1S/C17H24N6O2S2/c1-12(2)11-22-15(20-21-17(22)27-3)5-4-10-18-16(26)19-13-6-8-14(9-7-13)23(24)25/h6-9,12H,4-5,10-11H2,1-3H3,(H2,18,19,26). The average Bonchev–Trinajstić information content (AvgIpc) is 3.00. The molecule has 0 aliphatic rings. The van der Waals surface area contributed by atoms with Crippen molar-refractivity contribution in [2.24, 2.45) is 5.92 Å². The normalized spacial score (nSPS) is 10.8. The number of rotatable bonds is 9. The van der Waals surface area contributed by atoms with Crippen LogP contribution >= 0.6 is 24.0 Å². The molecule has 0 spiro atoms. The number of hydrogen-bond donors (Lipinski definition) is 2. The van der Waals surface area contributed by atoms with E-state index in [2.05, 4.69) is 39.2 Å².